The molecule has 5 heteroatoms. The molecule has 0 saturated heterocycles. The van der Waals surface area contributed by atoms with Gasteiger partial charge in [0, 0.05) is 36.8 Å². The third-order valence-corrected chi connectivity index (χ3v) is 5.02. The molecule has 4 nitrogen and oxygen atoms in total. The predicted molar refractivity (Wildman–Crippen MR) is 111 cm³/mol. The molecule has 0 aromatic heterocycles. The van der Waals surface area contributed by atoms with E-state index in [1.165, 1.54) is 24.1 Å². The van der Waals surface area contributed by atoms with Crippen LogP contribution in [-0.4, -0.2) is 32.1 Å². The molecule has 0 aliphatic carbocycles. The normalized spacial score (nSPS) is 13.1. The van der Waals surface area contributed by atoms with E-state index in [2.05, 4.69) is 34.5 Å². The molecule has 0 fully saturated rings. The Morgan fingerprint density at radius 2 is 1.93 bits per heavy atom. The van der Waals surface area contributed by atoms with Crippen LogP contribution in [0.5, 0.6) is 5.75 Å². The van der Waals surface area contributed by atoms with E-state index in [0.717, 1.165) is 31.8 Å². The number of nitrogens with one attached hydrogen (secondary N) is 1. The van der Waals surface area contributed by atoms with Gasteiger partial charge in [-0.25, -0.2) is 0 Å². The average molecular weight is 387 g/mol. The van der Waals surface area contributed by atoms with Gasteiger partial charge >= 0.3 is 0 Å². The molecule has 144 valence electrons. The molecule has 1 aliphatic heterocycles. The number of para-hydroxylation sites is 1. The summed E-state index contributed by atoms with van der Waals surface area (Å²) in [4.78, 5) is 14.4. The first-order valence-corrected chi connectivity index (χ1v) is 10.1. The van der Waals surface area contributed by atoms with Crippen molar-refractivity contribution in [2.75, 3.05) is 31.1 Å². The second-order valence-electron chi connectivity index (χ2n) is 6.83. The van der Waals surface area contributed by atoms with Crippen LogP contribution in [0.2, 0.25) is 5.02 Å². The fraction of sp³-hybridized carbons (Fsp3) is 0.409. The van der Waals surface area contributed by atoms with E-state index in [9.17, 15) is 4.79 Å². The van der Waals surface area contributed by atoms with Crippen LogP contribution in [0.3, 0.4) is 0 Å². The van der Waals surface area contributed by atoms with E-state index in [1.807, 2.05) is 12.1 Å². The first-order valence-electron chi connectivity index (χ1n) is 9.70. The summed E-state index contributed by atoms with van der Waals surface area (Å²) in [6, 6.07) is 15.9. The van der Waals surface area contributed by atoms with Crippen LogP contribution in [0.15, 0.2) is 48.5 Å². The summed E-state index contributed by atoms with van der Waals surface area (Å²) in [5, 5.41) is 3.70. The lowest BCUT2D eigenvalue weighted by atomic mass is 10.0. The molecule has 0 atom stereocenters. The predicted octanol–water partition coefficient (Wildman–Crippen LogP) is 4.46. The Balaban J connectivity index is 1.27. The molecule has 0 bridgehead atoms. The van der Waals surface area contributed by atoms with E-state index < -0.39 is 0 Å². The van der Waals surface area contributed by atoms with Crippen molar-refractivity contribution in [2.24, 2.45) is 0 Å². The number of rotatable bonds is 9. The fourth-order valence-corrected chi connectivity index (χ4v) is 3.51. The number of aryl methyl sites for hydroxylation is 1. The third kappa shape index (κ3) is 6.17. The number of hydrogen-bond donors (Lipinski definition) is 1. The summed E-state index contributed by atoms with van der Waals surface area (Å²) >= 11 is 5.84. The number of nitrogens with zero attached hydrogens (tertiary/aromatic N) is 1. The summed E-state index contributed by atoms with van der Waals surface area (Å²) in [6.45, 7) is 3.33. The van der Waals surface area contributed by atoms with Crippen LogP contribution in [0.1, 0.15) is 31.2 Å². The number of fused-ring (bicyclic) bond motifs is 1. The van der Waals surface area contributed by atoms with E-state index in [0.29, 0.717) is 24.5 Å². The molecule has 1 heterocycles. The van der Waals surface area contributed by atoms with Crippen molar-refractivity contribution >= 4 is 23.2 Å². The highest BCUT2D eigenvalue weighted by Gasteiger charge is 2.15. The molecule has 1 aliphatic rings. The minimum Gasteiger partial charge on any atom is -0.494 e. The Labute approximate surface area is 166 Å². The van der Waals surface area contributed by atoms with Crippen molar-refractivity contribution in [3.63, 3.8) is 0 Å². The summed E-state index contributed by atoms with van der Waals surface area (Å²) in [7, 11) is 0. The standard InChI is InChI=1S/C22H27ClN2O2/c23-19-10-12-20(13-11-19)27-17-4-9-22(26)24-14-5-16-25-15-3-7-18-6-1-2-8-21(18)25/h1-2,6,8,10-13H,3-5,7,9,14-17H2,(H,24,26). The zero-order chi connectivity index (χ0) is 18.9. The SMILES string of the molecule is O=C(CCCOc1ccc(Cl)cc1)NCCCN1CCCc2ccccc21. The maximum absolute atomic E-state index is 12.0. The lowest BCUT2D eigenvalue weighted by Crippen LogP contribution is -2.33. The third-order valence-electron chi connectivity index (χ3n) is 4.76. The van der Waals surface area contributed by atoms with Crippen molar-refractivity contribution < 1.29 is 9.53 Å². The van der Waals surface area contributed by atoms with Gasteiger partial charge in [-0.1, -0.05) is 29.8 Å². The Morgan fingerprint density at radius 3 is 2.78 bits per heavy atom. The summed E-state index contributed by atoms with van der Waals surface area (Å²) < 4.78 is 5.60. The van der Waals surface area contributed by atoms with Gasteiger partial charge in [0.1, 0.15) is 5.75 Å². The highest BCUT2D eigenvalue weighted by atomic mass is 35.5. The van der Waals surface area contributed by atoms with Crippen molar-refractivity contribution in [3.05, 3.63) is 59.1 Å². The van der Waals surface area contributed by atoms with Crippen molar-refractivity contribution in [3.8, 4) is 5.75 Å². The lowest BCUT2D eigenvalue weighted by Gasteiger charge is -2.31. The molecule has 0 saturated carbocycles. The van der Waals surface area contributed by atoms with Gasteiger partial charge in [-0.05, 0) is 61.6 Å². The number of anilines is 1. The number of hydrogen-bond acceptors (Lipinski definition) is 3. The Bertz CT molecular complexity index is 733. The van der Waals surface area contributed by atoms with Gasteiger partial charge < -0.3 is 15.0 Å². The maximum Gasteiger partial charge on any atom is 0.220 e. The molecule has 0 unspecified atom stereocenters. The smallest absolute Gasteiger partial charge is 0.220 e. The van der Waals surface area contributed by atoms with Crippen molar-refractivity contribution in [1.82, 2.24) is 5.32 Å². The van der Waals surface area contributed by atoms with E-state index in [-0.39, 0.29) is 5.91 Å². The second kappa shape index (κ2) is 10.2. The largest absolute Gasteiger partial charge is 0.494 e. The summed E-state index contributed by atoms with van der Waals surface area (Å²) in [5.74, 6) is 0.871. The van der Waals surface area contributed by atoms with Crippen LogP contribution in [-0.2, 0) is 11.2 Å². The number of carbonyl (C=O) groups is 1. The van der Waals surface area contributed by atoms with Gasteiger partial charge in [0.15, 0.2) is 0 Å². The van der Waals surface area contributed by atoms with Crippen LogP contribution in [0.25, 0.3) is 0 Å². The summed E-state index contributed by atoms with van der Waals surface area (Å²) in [5.41, 5.74) is 2.79. The number of carbonyl (C=O) groups excluding carboxylic acids is 1. The van der Waals surface area contributed by atoms with Gasteiger partial charge in [-0.15, -0.1) is 0 Å². The zero-order valence-corrected chi connectivity index (χ0v) is 16.4. The van der Waals surface area contributed by atoms with Crippen LogP contribution < -0.4 is 15.0 Å². The van der Waals surface area contributed by atoms with E-state index >= 15 is 0 Å². The minimum atomic E-state index is 0.0914. The van der Waals surface area contributed by atoms with Gasteiger partial charge in [-0.3, -0.25) is 4.79 Å². The van der Waals surface area contributed by atoms with Crippen LogP contribution in [0.4, 0.5) is 5.69 Å². The molecular formula is C22H27ClN2O2. The lowest BCUT2D eigenvalue weighted by molar-refractivity contribution is -0.121. The van der Waals surface area contributed by atoms with Crippen LogP contribution >= 0.6 is 11.6 Å². The first-order chi connectivity index (χ1) is 13.2. The quantitative estimate of drug-likeness (QED) is 0.647. The molecule has 27 heavy (non-hydrogen) atoms. The van der Waals surface area contributed by atoms with Gasteiger partial charge in [0.2, 0.25) is 5.91 Å². The topological polar surface area (TPSA) is 41.6 Å². The van der Waals surface area contributed by atoms with E-state index in [1.54, 1.807) is 12.1 Å². The number of halogens is 1. The molecule has 0 spiro atoms. The van der Waals surface area contributed by atoms with Gasteiger partial charge in [0.25, 0.3) is 0 Å². The van der Waals surface area contributed by atoms with Crippen molar-refractivity contribution in [2.45, 2.75) is 32.1 Å². The number of benzene rings is 2. The Kier molecular flexibility index (Phi) is 7.40. The molecule has 1 N–H and O–H groups in total. The van der Waals surface area contributed by atoms with E-state index in [4.69, 9.17) is 16.3 Å². The van der Waals surface area contributed by atoms with Gasteiger partial charge in [0.05, 0.1) is 6.61 Å². The Hall–Kier alpha value is -2.20. The monoisotopic (exact) mass is 386 g/mol. The first kappa shape index (κ1) is 19.6. The Morgan fingerprint density at radius 1 is 1.11 bits per heavy atom. The number of ether oxygens (including phenoxy) is 1. The van der Waals surface area contributed by atoms with Gasteiger partial charge in [-0.2, -0.15) is 0 Å². The number of amides is 1. The zero-order valence-electron chi connectivity index (χ0n) is 15.6. The maximum atomic E-state index is 12.0. The second-order valence-corrected chi connectivity index (χ2v) is 7.27. The minimum absolute atomic E-state index is 0.0914. The highest BCUT2D eigenvalue weighted by molar-refractivity contribution is 6.30. The van der Waals surface area contributed by atoms with Crippen LogP contribution in [0, 0.1) is 0 Å². The molecular weight excluding hydrogens is 360 g/mol. The highest BCUT2D eigenvalue weighted by Crippen LogP contribution is 2.26. The molecule has 2 aromatic carbocycles. The summed E-state index contributed by atoms with van der Waals surface area (Å²) in [6.07, 6.45) is 4.52. The molecule has 3 rings (SSSR count). The molecule has 2 aromatic rings. The average Bonchev–Trinajstić information content (AvgIpc) is 2.70. The fourth-order valence-electron chi connectivity index (χ4n) is 3.38. The molecule has 0 radical (unpaired) electrons. The van der Waals surface area contributed by atoms with Crippen molar-refractivity contribution in [1.29, 1.82) is 0 Å². The molecule has 1 amide bonds.